The lowest BCUT2D eigenvalue weighted by Gasteiger charge is -2.35. The smallest absolute Gasteiger partial charge is 0.409 e. The number of hydrogen-bond donors (Lipinski definition) is 2. The number of aryl methyl sites for hydroxylation is 2. The van der Waals surface area contributed by atoms with E-state index < -0.39 is 6.04 Å². The van der Waals surface area contributed by atoms with Crippen LogP contribution in [0.1, 0.15) is 31.1 Å². The van der Waals surface area contributed by atoms with Gasteiger partial charge in [-0.05, 0) is 51.5 Å². The predicted octanol–water partition coefficient (Wildman–Crippen LogP) is 3.17. The molecule has 3 rings (SSSR count). The fraction of sp³-hybridized carbons (Fsp3) is 0.455. The molecule has 1 atom stereocenters. The van der Waals surface area contributed by atoms with Gasteiger partial charge in [0.05, 0.1) is 18.0 Å². The molecule has 32 heavy (non-hydrogen) atoms. The standard InChI is InChI=1S/C22H30N6O3S/c1-5-31-22(30)27-12-10-26(11-13-27)20(29)17(4)28-14-19(16(3)25-28)24-21(32)23-18-9-7-6-8-15(18)2/h6-9,14,17H,5,10-13H2,1-4H3,(H2,23,24,32). The summed E-state index contributed by atoms with van der Waals surface area (Å²) in [5.74, 6) is -0.0387. The molecule has 0 radical (unpaired) electrons. The van der Waals surface area contributed by atoms with Crippen molar-refractivity contribution in [3.63, 3.8) is 0 Å². The highest BCUT2D eigenvalue weighted by Gasteiger charge is 2.28. The van der Waals surface area contributed by atoms with Crippen LogP contribution in [0.15, 0.2) is 30.5 Å². The Morgan fingerprint density at radius 2 is 1.72 bits per heavy atom. The topological polar surface area (TPSA) is 91.7 Å². The Bertz CT molecular complexity index is 984. The number of thiocarbonyl (C=S) groups is 1. The van der Waals surface area contributed by atoms with Gasteiger partial charge in [0.2, 0.25) is 5.91 Å². The average molecular weight is 459 g/mol. The number of para-hydroxylation sites is 1. The Hall–Kier alpha value is -3.14. The third kappa shape index (κ3) is 5.56. The van der Waals surface area contributed by atoms with E-state index in [1.165, 1.54) is 0 Å². The molecule has 172 valence electrons. The van der Waals surface area contributed by atoms with Crippen LogP contribution in [-0.4, -0.2) is 69.5 Å². The number of carbonyl (C=O) groups is 2. The number of nitrogens with one attached hydrogen (secondary N) is 2. The summed E-state index contributed by atoms with van der Waals surface area (Å²) in [4.78, 5) is 28.2. The molecule has 1 unspecified atom stereocenters. The van der Waals surface area contributed by atoms with Gasteiger partial charge in [-0.1, -0.05) is 18.2 Å². The van der Waals surface area contributed by atoms with E-state index in [0.717, 1.165) is 22.6 Å². The number of ether oxygens (including phenoxy) is 1. The molecule has 0 spiro atoms. The molecule has 1 saturated heterocycles. The number of anilines is 2. The Kier molecular flexibility index (Phi) is 7.68. The molecule has 1 aromatic heterocycles. The van der Waals surface area contributed by atoms with Crippen LogP contribution in [0.25, 0.3) is 0 Å². The highest BCUT2D eigenvalue weighted by molar-refractivity contribution is 7.80. The molecule has 1 aromatic carbocycles. The fourth-order valence-electron chi connectivity index (χ4n) is 3.49. The lowest BCUT2D eigenvalue weighted by Crippen LogP contribution is -2.52. The molecule has 10 heteroatoms. The Morgan fingerprint density at radius 3 is 2.38 bits per heavy atom. The van der Waals surface area contributed by atoms with Gasteiger partial charge < -0.3 is 25.2 Å². The van der Waals surface area contributed by atoms with Crippen LogP contribution in [0.3, 0.4) is 0 Å². The Balaban J connectivity index is 1.58. The monoisotopic (exact) mass is 458 g/mol. The number of benzene rings is 1. The second kappa shape index (κ2) is 10.4. The number of hydrogen-bond acceptors (Lipinski definition) is 5. The zero-order chi connectivity index (χ0) is 23.3. The molecule has 1 aliphatic heterocycles. The van der Waals surface area contributed by atoms with Gasteiger partial charge in [0.25, 0.3) is 0 Å². The van der Waals surface area contributed by atoms with E-state index in [1.54, 1.807) is 27.6 Å². The SMILES string of the molecule is CCOC(=O)N1CCN(C(=O)C(C)n2cc(NC(=S)Nc3ccccc3C)c(C)n2)CC1. The number of aromatic nitrogens is 2. The van der Waals surface area contributed by atoms with Crippen LogP contribution in [0.4, 0.5) is 16.2 Å². The van der Waals surface area contributed by atoms with Gasteiger partial charge in [0, 0.05) is 38.1 Å². The largest absolute Gasteiger partial charge is 0.450 e. The summed E-state index contributed by atoms with van der Waals surface area (Å²) in [5, 5.41) is 11.3. The van der Waals surface area contributed by atoms with Crippen LogP contribution in [0.2, 0.25) is 0 Å². The summed E-state index contributed by atoms with van der Waals surface area (Å²) in [6.45, 7) is 9.67. The zero-order valence-corrected chi connectivity index (χ0v) is 19.7. The van der Waals surface area contributed by atoms with Crippen LogP contribution >= 0.6 is 12.2 Å². The van der Waals surface area contributed by atoms with Crippen molar-refractivity contribution in [2.24, 2.45) is 0 Å². The summed E-state index contributed by atoms with van der Waals surface area (Å²) in [6.07, 6.45) is 1.46. The van der Waals surface area contributed by atoms with Crippen molar-refractivity contribution in [1.82, 2.24) is 19.6 Å². The fourth-order valence-corrected chi connectivity index (χ4v) is 3.71. The summed E-state index contributed by atoms with van der Waals surface area (Å²) in [6, 6.07) is 7.41. The second-order valence-electron chi connectivity index (χ2n) is 7.69. The first-order chi connectivity index (χ1) is 15.3. The van der Waals surface area contributed by atoms with E-state index in [-0.39, 0.29) is 12.0 Å². The molecule has 2 aromatic rings. The van der Waals surface area contributed by atoms with Crippen molar-refractivity contribution in [3.8, 4) is 0 Å². The third-order valence-corrected chi connectivity index (χ3v) is 5.63. The number of nitrogens with zero attached hydrogens (tertiary/aromatic N) is 4. The van der Waals surface area contributed by atoms with Gasteiger partial charge in [-0.25, -0.2) is 4.79 Å². The molecule has 1 fully saturated rings. The minimum absolute atomic E-state index is 0.0387. The van der Waals surface area contributed by atoms with Crippen molar-refractivity contribution >= 4 is 40.7 Å². The number of carbonyl (C=O) groups excluding carboxylic acids is 2. The molecule has 2 heterocycles. The van der Waals surface area contributed by atoms with Crippen molar-refractivity contribution in [3.05, 3.63) is 41.7 Å². The van der Waals surface area contributed by atoms with Crippen LogP contribution < -0.4 is 10.6 Å². The van der Waals surface area contributed by atoms with Gasteiger partial charge in [0.15, 0.2) is 5.11 Å². The molecule has 9 nitrogen and oxygen atoms in total. The second-order valence-corrected chi connectivity index (χ2v) is 8.10. The minimum atomic E-state index is -0.476. The normalized spacial score (nSPS) is 14.6. The van der Waals surface area contributed by atoms with Crippen molar-refractivity contribution < 1.29 is 14.3 Å². The van der Waals surface area contributed by atoms with Crippen molar-refractivity contribution in [2.75, 3.05) is 43.4 Å². The maximum atomic E-state index is 13.0. The lowest BCUT2D eigenvalue weighted by atomic mass is 10.2. The van der Waals surface area contributed by atoms with E-state index in [0.29, 0.717) is 37.9 Å². The number of rotatable bonds is 5. The van der Waals surface area contributed by atoms with E-state index in [4.69, 9.17) is 17.0 Å². The molecule has 0 bridgehead atoms. The van der Waals surface area contributed by atoms with Gasteiger partial charge in [-0.2, -0.15) is 5.10 Å². The maximum Gasteiger partial charge on any atom is 0.409 e. The third-order valence-electron chi connectivity index (χ3n) is 5.43. The highest BCUT2D eigenvalue weighted by atomic mass is 32.1. The van der Waals surface area contributed by atoms with Gasteiger partial charge in [-0.3, -0.25) is 9.48 Å². The van der Waals surface area contributed by atoms with Gasteiger partial charge in [0.1, 0.15) is 6.04 Å². The number of piperazine rings is 1. The minimum Gasteiger partial charge on any atom is -0.450 e. The van der Waals surface area contributed by atoms with Crippen LogP contribution in [0.5, 0.6) is 0 Å². The number of amides is 2. The van der Waals surface area contributed by atoms with Gasteiger partial charge in [-0.15, -0.1) is 0 Å². The quantitative estimate of drug-likeness (QED) is 0.665. The highest BCUT2D eigenvalue weighted by Crippen LogP contribution is 2.20. The van der Waals surface area contributed by atoms with Crippen molar-refractivity contribution in [2.45, 2.75) is 33.7 Å². The summed E-state index contributed by atoms with van der Waals surface area (Å²) in [5.41, 5.74) is 3.50. The summed E-state index contributed by atoms with van der Waals surface area (Å²) < 4.78 is 6.68. The molecule has 2 amide bonds. The first kappa shape index (κ1) is 23.5. The van der Waals surface area contributed by atoms with E-state index >= 15 is 0 Å². The average Bonchev–Trinajstić information content (AvgIpc) is 3.14. The lowest BCUT2D eigenvalue weighted by molar-refractivity contribution is -0.136. The Morgan fingerprint density at radius 1 is 1.09 bits per heavy atom. The first-order valence-electron chi connectivity index (χ1n) is 10.7. The molecule has 0 aliphatic carbocycles. The first-order valence-corrected chi connectivity index (χ1v) is 11.1. The molecular weight excluding hydrogens is 428 g/mol. The maximum absolute atomic E-state index is 13.0. The molecule has 2 N–H and O–H groups in total. The van der Waals surface area contributed by atoms with E-state index in [2.05, 4.69) is 15.7 Å². The molecule has 0 saturated carbocycles. The van der Waals surface area contributed by atoms with Crippen LogP contribution in [0, 0.1) is 13.8 Å². The predicted molar refractivity (Wildman–Crippen MR) is 128 cm³/mol. The molecular formula is C22H30N6O3S. The summed E-state index contributed by atoms with van der Waals surface area (Å²) >= 11 is 5.44. The van der Waals surface area contributed by atoms with Crippen LogP contribution in [-0.2, 0) is 9.53 Å². The van der Waals surface area contributed by atoms with Gasteiger partial charge >= 0.3 is 6.09 Å². The van der Waals surface area contributed by atoms with Crippen molar-refractivity contribution in [1.29, 1.82) is 0 Å². The Labute approximate surface area is 193 Å². The zero-order valence-electron chi connectivity index (χ0n) is 18.9. The summed E-state index contributed by atoms with van der Waals surface area (Å²) in [7, 11) is 0. The molecule has 1 aliphatic rings. The van der Waals surface area contributed by atoms with E-state index in [9.17, 15) is 9.59 Å². The van der Waals surface area contributed by atoms with E-state index in [1.807, 2.05) is 45.0 Å².